The summed E-state index contributed by atoms with van der Waals surface area (Å²) < 4.78 is 5.18. The number of benzene rings is 1. The average molecular weight is 350 g/mol. The molecule has 0 saturated heterocycles. The standard InChI is InChI=1S/C7H7O.ClH.Pb/c8-6-7-4-2-1-3-5-7;;/h1-5H,6H2;1H;/q-1;;+2/p-1. The van der Waals surface area contributed by atoms with E-state index in [9.17, 15) is 0 Å². The third kappa shape index (κ3) is 2.99. The van der Waals surface area contributed by atoms with Crippen LogP contribution < -0.4 is 0 Å². The van der Waals surface area contributed by atoms with Gasteiger partial charge in [0.05, 0.1) is 0 Å². The molecule has 0 N–H and O–H groups in total. The fraction of sp³-hybridized carbons (Fsp3) is 0.143. The van der Waals surface area contributed by atoms with Crippen LogP contribution in [-0.4, -0.2) is 23.5 Å². The molecule has 0 fully saturated rings. The molecule has 10 heavy (non-hydrogen) atoms. The molecule has 0 unspecified atom stereocenters. The van der Waals surface area contributed by atoms with Crippen LogP contribution in [0.2, 0.25) is 0 Å². The van der Waals surface area contributed by atoms with Crippen molar-refractivity contribution in [2.75, 3.05) is 0 Å². The van der Waals surface area contributed by atoms with E-state index in [2.05, 4.69) is 0 Å². The molecule has 0 atom stereocenters. The summed E-state index contributed by atoms with van der Waals surface area (Å²) in [5, 5.41) is 0. The van der Waals surface area contributed by atoms with Crippen molar-refractivity contribution in [2.45, 2.75) is 6.61 Å². The van der Waals surface area contributed by atoms with Crippen LogP contribution in [0.5, 0.6) is 0 Å². The van der Waals surface area contributed by atoms with Crippen molar-refractivity contribution < 1.29 is 2.69 Å². The van der Waals surface area contributed by atoms with Crippen LogP contribution in [0, 0.1) is 0 Å². The monoisotopic (exact) mass is 350 g/mol. The van der Waals surface area contributed by atoms with Crippen LogP contribution in [0.15, 0.2) is 30.3 Å². The Hall–Kier alpha value is 0.392. The Morgan fingerprint density at radius 2 is 2.00 bits per heavy atom. The second-order valence-corrected chi connectivity index (χ2v) is 4.93. The van der Waals surface area contributed by atoms with Gasteiger partial charge < -0.3 is 0 Å². The summed E-state index contributed by atoms with van der Waals surface area (Å²) in [7, 11) is 5.52. The predicted octanol–water partition coefficient (Wildman–Crippen LogP) is 1.98. The molecule has 3 heteroatoms. The third-order valence-electron chi connectivity index (χ3n) is 1.14. The van der Waals surface area contributed by atoms with Gasteiger partial charge in [0.15, 0.2) is 0 Å². The van der Waals surface area contributed by atoms with Gasteiger partial charge in [0, 0.05) is 0 Å². The molecule has 1 rings (SSSR count). The Morgan fingerprint density at radius 3 is 2.60 bits per heavy atom. The fourth-order valence-corrected chi connectivity index (χ4v) is 2.02. The van der Waals surface area contributed by atoms with Crippen molar-refractivity contribution >= 4 is 31.8 Å². The molecule has 1 nitrogen and oxygen atoms in total. The van der Waals surface area contributed by atoms with Crippen molar-refractivity contribution in [2.24, 2.45) is 0 Å². The number of rotatable bonds is 3. The van der Waals surface area contributed by atoms with Gasteiger partial charge in [-0.25, -0.2) is 0 Å². The Kier molecular flexibility index (Phi) is 4.33. The first-order valence-corrected chi connectivity index (χ1v) is 9.32. The van der Waals surface area contributed by atoms with E-state index in [1.165, 1.54) is 5.56 Å². The SMILES string of the molecule is [Cl][Pb][O]Cc1ccccc1. The zero-order valence-corrected chi connectivity index (χ0v) is 10.0. The Bertz CT molecular complexity index is 178. The second-order valence-electron chi connectivity index (χ2n) is 1.85. The number of hydrogen-bond acceptors (Lipinski definition) is 1. The van der Waals surface area contributed by atoms with E-state index >= 15 is 0 Å². The zero-order valence-electron chi connectivity index (χ0n) is 5.38. The van der Waals surface area contributed by atoms with Crippen molar-refractivity contribution in [1.29, 1.82) is 0 Å². The molecule has 0 aliphatic heterocycles. The van der Waals surface area contributed by atoms with E-state index in [1.54, 1.807) is 0 Å². The molecule has 0 spiro atoms. The normalized spacial score (nSPS) is 9.70. The minimum atomic E-state index is -1.16. The predicted molar refractivity (Wildman–Crippen MR) is 42.8 cm³/mol. The first-order chi connectivity index (χ1) is 4.93. The Balaban J connectivity index is 2.43. The molecule has 0 aliphatic carbocycles. The summed E-state index contributed by atoms with van der Waals surface area (Å²) >= 11 is -1.16. The maximum absolute atomic E-state index is 5.52. The van der Waals surface area contributed by atoms with E-state index in [0.717, 1.165) is 0 Å². The molecule has 0 aromatic heterocycles. The van der Waals surface area contributed by atoms with Gasteiger partial charge in [-0.2, -0.15) is 0 Å². The Morgan fingerprint density at radius 1 is 1.30 bits per heavy atom. The maximum atomic E-state index is 5.52. The van der Waals surface area contributed by atoms with Gasteiger partial charge in [0.1, 0.15) is 0 Å². The number of hydrogen-bond donors (Lipinski definition) is 0. The summed E-state index contributed by atoms with van der Waals surface area (Å²) in [5.41, 5.74) is 1.20. The first kappa shape index (κ1) is 8.49. The summed E-state index contributed by atoms with van der Waals surface area (Å²) in [5.74, 6) is 0. The number of halogens is 1. The van der Waals surface area contributed by atoms with E-state index < -0.39 is 23.5 Å². The molecule has 52 valence electrons. The van der Waals surface area contributed by atoms with Crippen LogP contribution >= 0.6 is 8.32 Å². The summed E-state index contributed by atoms with van der Waals surface area (Å²) in [6, 6.07) is 10.1. The quantitative estimate of drug-likeness (QED) is 0.758. The first-order valence-electron chi connectivity index (χ1n) is 2.95. The van der Waals surface area contributed by atoms with Crippen molar-refractivity contribution in [3.05, 3.63) is 35.9 Å². The molecule has 2 radical (unpaired) electrons. The molecular weight excluding hydrogens is 343 g/mol. The minimum absolute atomic E-state index is 0.688. The van der Waals surface area contributed by atoms with Gasteiger partial charge in [-0.3, -0.25) is 0 Å². The molecular formula is C7H7ClOPb. The van der Waals surface area contributed by atoms with Gasteiger partial charge in [-0.05, 0) is 0 Å². The van der Waals surface area contributed by atoms with Crippen molar-refractivity contribution in [1.82, 2.24) is 0 Å². The van der Waals surface area contributed by atoms with Crippen LogP contribution in [0.4, 0.5) is 0 Å². The molecule has 1 aromatic rings. The van der Waals surface area contributed by atoms with Crippen LogP contribution in [0.25, 0.3) is 0 Å². The fourth-order valence-electron chi connectivity index (χ4n) is 0.685. The third-order valence-corrected chi connectivity index (χ3v) is 3.08. The van der Waals surface area contributed by atoms with E-state index in [0.29, 0.717) is 6.61 Å². The van der Waals surface area contributed by atoms with Crippen LogP contribution in [0.1, 0.15) is 5.56 Å². The average Bonchev–Trinajstić information content (AvgIpc) is 2.03. The summed E-state index contributed by atoms with van der Waals surface area (Å²) in [6.07, 6.45) is 0. The zero-order chi connectivity index (χ0) is 7.23. The van der Waals surface area contributed by atoms with Crippen LogP contribution in [0.3, 0.4) is 0 Å². The van der Waals surface area contributed by atoms with Crippen LogP contribution in [-0.2, 0) is 9.29 Å². The van der Waals surface area contributed by atoms with Crippen molar-refractivity contribution in [3.8, 4) is 0 Å². The summed E-state index contributed by atoms with van der Waals surface area (Å²) in [4.78, 5) is 0. The van der Waals surface area contributed by atoms with E-state index in [4.69, 9.17) is 11.0 Å². The van der Waals surface area contributed by atoms with Gasteiger partial charge in [-0.1, -0.05) is 0 Å². The van der Waals surface area contributed by atoms with Gasteiger partial charge in [0.25, 0.3) is 0 Å². The molecule has 0 bridgehead atoms. The topological polar surface area (TPSA) is 9.23 Å². The summed E-state index contributed by atoms with van der Waals surface area (Å²) in [6.45, 7) is 0.688. The van der Waals surface area contributed by atoms with E-state index in [1.807, 2.05) is 30.3 Å². The molecule has 0 heterocycles. The molecule has 0 amide bonds. The van der Waals surface area contributed by atoms with E-state index in [-0.39, 0.29) is 0 Å². The Labute approximate surface area is 76.7 Å². The van der Waals surface area contributed by atoms with Gasteiger partial charge in [0.2, 0.25) is 0 Å². The van der Waals surface area contributed by atoms with Gasteiger partial charge in [-0.15, -0.1) is 0 Å². The molecule has 0 saturated carbocycles. The second kappa shape index (κ2) is 5.10. The van der Waals surface area contributed by atoms with Crippen molar-refractivity contribution in [3.63, 3.8) is 0 Å². The van der Waals surface area contributed by atoms with Gasteiger partial charge >= 0.3 is 77.0 Å². The molecule has 1 aromatic carbocycles. The molecule has 0 aliphatic rings.